The minimum atomic E-state index is -0.371. The van der Waals surface area contributed by atoms with E-state index >= 15 is 0 Å². The molecule has 178 valence electrons. The highest BCUT2D eigenvalue weighted by Gasteiger charge is 2.11. The van der Waals surface area contributed by atoms with E-state index in [0.717, 1.165) is 11.1 Å². The average molecular weight is 483 g/mol. The molecule has 0 bridgehead atoms. The number of benzene rings is 3. The smallest absolute Gasteiger partial charge is 0.271 e. The molecule has 1 N–H and O–H groups in total. The van der Waals surface area contributed by atoms with Crippen LogP contribution in [-0.4, -0.2) is 32.4 Å². The quantitative estimate of drug-likeness (QED) is 0.289. The summed E-state index contributed by atoms with van der Waals surface area (Å²) in [6, 6.07) is 17.9. The Morgan fingerprint density at radius 2 is 1.62 bits per heavy atom. The van der Waals surface area contributed by atoms with Gasteiger partial charge in [0.25, 0.3) is 5.91 Å². The predicted octanol–water partition coefficient (Wildman–Crippen LogP) is 5.49. The predicted molar refractivity (Wildman–Crippen MR) is 133 cm³/mol. The Kier molecular flexibility index (Phi) is 9.17. The summed E-state index contributed by atoms with van der Waals surface area (Å²) in [5, 5.41) is 4.71. The van der Waals surface area contributed by atoms with Crippen molar-refractivity contribution in [1.29, 1.82) is 0 Å². The number of carbonyl (C=O) groups is 1. The van der Waals surface area contributed by atoms with Crippen LogP contribution in [0.25, 0.3) is 0 Å². The number of hydrazone groups is 1. The normalized spacial score (nSPS) is 10.7. The summed E-state index contributed by atoms with van der Waals surface area (Å²) in [5.74, 6) is 1.84. The number of nitrogens with zero attached hydrogens (tertiary/aromatic N) is 1. The first-order chi connectivity index (χ1) is 16.5. The lowest BCUT2D eigenvalue weighted by atomic mass is 10.2. The van der Waals surface area contributed by atoms with Crippen molar-refractivity contribution >= 4 is 23.7 Å². The van der Waals surface area contributed by atoms with Crippen molar-refractivity contribution in [2.45, 2.75) is 20.5 Å². The molecule has 0 unspecified atom stereocenters. The van der Waals surface area contributed by atoms with Crippen molar-refractivity contribution in [3.63, 3.8) is 0 Å². The van der Waals surface area contributed by atoms with Crippen LogP contribution in [0.1, 0.15) is 35.3 Å². The lowest BCUT2D eigenvalue weighted by molar-refractivity contribution is 0.0954. The van der Waals surface area contributed by atoms with Crippen molar-refractivity contribution in [2.75, 3.05) is 20.3 Å². The van der Waals surface area contributed by atoms with E-state index in [-0.39, 0.29) is 5.91 Å². The van der Waals surface area contributed by atoms with Crippen LogP contribution < -0.4 is 24.4 Å². The second-order valence-corrected chi connectivity index (χ2v) is 7.42. The van der Waals surface area contributed by atoms with Gasteiger partial charge in [0.05, 0.1) is 26.5 Å². The van der Waals surface area contributed by atoms with Gasteiger partial charge in [-0.15, -0.1) is 0 Å². The lowest BCUT2D eigenvalue weighted by Crippen LogP contribution is -2.17. The van der Waals surface area contributed by atoms with Crippen LogP contribution in [0, 0.1) is 0 Å². The summed E-state index contributed by atoms with van der Waals surface area (Å²) in [5.41, 5.74) is 4.54. The first kappa shape index (κ1) is 24.9. The lowest BCUT2D eigenvalue weighted by Gasteiger charge is -2.13. The minimum Gasteiger partial charge on any atom is -0.493 e. The number of halogens is 1. The van der Waals surface area contributed by atoms with Gasteiger partial charge in [-0.1, -0.05) is 29.8 Å². The van der Waals surface area contributed by atoms with Gasteiger partial charge in [-0.3, -0.25) is 4.79 Å². The number of rotatable bonds is 11. The molecule has 0 aliphatic heterocycles. The molecule has 8 heteroatoms. The van der Waals surface area contributed by atoms with Gasteiger partial charge in [0.2, 0.25) is 0 Å². The van der Waals surface area contributed by atoms with E-state index in [0.29, 0.717) is 53.4 Å². The molecule has 0 radical (unpaired) electrons. The second-order valence-electron chi connectivity index (χ2n) is 7.02. The molecule has 1 amide bonds. The fourth-order valence-corrected chi connectivity index (χ4v) is 3.27. The van der Waals surface area contributed by atoms with Gasteiger partial charge < -0.3 is 18.9 Å². The molecule has 34 heavy (non-hydrogen) atoms. The fourth-order valence-electron chi connectivity index (χ4n) is 3.08. The fraction of sp³-hybridized carbons (Fsp3) is 0.231. The standard InChI is InChI=1S/C26H27ClN2O5/c1-4-32-24-14-18(10-12-23(24)34-17-20-8-6-7-9-21(20)27)16-28-29-26(30)19-11-13-22(31-3)25(15-19)33-5-2/h6-16H,4-5,17H2,1-3H3,(H,29,30)/b28-16+. The maximum Gasteiger partial charge on any atom is 0.271 e. The Hall–Kier alpha value is -3.71. The van der Waals surface area contributed by atoms with Crippen molar-refractivity contribution < 1.29 is 23.7 Å². The van der Waals surface area contributed by atoms with Crippen molar-refractivity contribution in [3.05, 3.63) is 82.4 Å². The zero-order valence-electron chi connectivity index (χ0n) is 19.3. The molecule has 0 aliphatic carbocycles. The molecular weight excluding hydrogens is 456 g/mol. The molecule has 0 saturated carbocycles. The van der Waals surface area contributed by atoms with E-state index in [4.69, 9.17) is 30.5 Å². The zero-order valence-corrected chi connectivity index (χ0v) is 20.1. The summed E-state index contributed by atoms with van der Waals surface area (Å²) in [7, 11) is 1.55. The SMILES string of the molecule is CCOc1cc(C(=O)N/N=C/c2ccc(OCc3ccccc3Cl)c(OCC)c2)ccc1OC. The molecule has 3 rings (SSSR count). The summed E-state index contributed by atoms with van der Waals surface area (Å²) in [6.07, 6.45) is 1.53. The Bertz CT molecular complexity index is 1150. The third-order valence-corrected chi connectivity index (χ3v) is 5.08. The minimum absolute atomic E-state index is 0.314. The van der Waals surface area contributed by atoms with Gasteiger partial charge in [0, 0.05) is 16.1 Å². The Balaban J connectivity index is 1.67. The number of hydrogen-bond donors (Lipinski definition) is 1. The number of amides is 1. The van der Waals surface area contributed by atoms with Crippen LogP contribution >= 0.6 is 11.6 Å². The molecule has 0 heterocycles. The van der Waals surface area contributed by atoms with Crippen LogP contribution in [0.5, 0.6) is 23.0 Å². The molecule has 0 aliphatic rings. The highest BCUT2D eigenvalue weighted by molar-refractivity contribution is 6.31. The molecule has 7 nitrogen and oxygen atoms in total. The Labute approximate surface area is 204 Å². The van der Waals surface area contributed by atoms with Crippen molar-refractivity contribution in [1.82, 2.24) is 5.43 Å². The van der Waals surface area contributed by atoms with Crippen LogP contribution in [0.4, 0.5) is 0 Å². The maximum atomic E-state index is 12.5. The molecule has 3 aromatic rings. The van der Waals surface area contributed by atoms with Crippen LogP contribution in [0.15, 0.2) is 65.8 Å². The third-order valence-electron chi connectivity index (χ3n) is 4.71. The second kappa shape index (κ2) is 12.5. The zero-order chi connectivity index (χ0) is 24.3. The summed E-state index contributed by atoms with van der Waals surface area (Å²) < 4.78 is 22.4. The molecule has 0 aromatic heterocycles. The number of ether oxygens (including phenoxy) is 4. The number of nitrogens with one attached hydrogen (secondary N) is 1. The summed E-state index contributed by atoms with van der Waals surface area (Å²) in [4.78, 5) is 12.5. The van der Waals surface area contributed by atoms with Gasteiger partial charge in [-0.2, -0.15) is 5.10 Å². The maximum absolute atomic E-state index is 12.5. The average Bonchev–Trinajstić information content (AvgIpc) is 2.84. The van der Waals surface area contributed by atoms with Crippen molar-refractivity contribution in [3.8, 4) is 23.0 Å². The van der Waals surface area contributed by atoms with Crippen molar-refractivity contribution in [2.24, 2.45) is 5.10 Å². The number of carbonyl (C=O) groups excluding carboxylic acids is 1. The topological polar surface area (TPSA) is 78.4 Å². The van der Waals surface area contributed by atoms with E-state index in [1.54, 1.807) is 37.4 Å². The van der Waals surface area contributed by atoms with Crippen LogP contribution in [0.2, 0.25) is 5.02 Å². The summed E-state index contributed by atoms with van der Waals surface area (Å²) >= 11 is 6.21. The number of hydrogen-bond acceptors (Lipinski definition) is 6. The molecule has 0 fully saturated rings. The molecule has 3 aromatic carbocycles. The first-order valence-corrected chi connectivity index (χ1v) is 11.2. The van der Waals surface area contributed by atoms with E-state index < -0.39 is 0 Å². The van der Waals surface area contributed by atoms with Gasteiger partial charge in [0.1, 0.15) is 6.61 Å². The molecule has 0 atom stereocenters. The molecule has 0 saturated heterocycles. The van der Waals surface area contributed by atoms with Gasteiger partial charge in [-0.05, 0) is 61.9 Å². The van der Waals surface area contributed by atoms with E-state index in [2.05, 4.69) is 10.5 Å². The Morgan fingerprint density at radius 1 is 0.912 bits per heavy atom. The Morgan fingerprint density at radius 3 is 2.32 bits per heavy atom. The van der Waals surface area contributed by atoms with Gasteiger partial charge in [-0.25, -0.2) is 5.43 Å². The van der Waals surface area contributed by atoms with Gasteiger partial charge >= 0.3 is 0 Å². The van der Waals surface area contributed by atoms with E-state index in [1.807, 2.05) is 44.2 Å². The van der Waals surface area contributed by atoms with E-state index in [1.165, 1.54) is 6.21 Å². The van der Waals surface area contributed by atoms with Gasteiger partial charge in [0.15, 0.2) is 23.0 Å². The highest BCUT2D eigenvalue weighted by Crippen LogP contribution is 2.30. The third kappa shape index (κ3) is 6.65. The monoisotopic (exact) mass is 482 g/mol. The van der Waals surface area contributed by atoms with Crippen LogP contribution in [0.3, 0.4) is 0 Å². The van der Waals surface area contributed by atoms with E-state index in [9.17, 15) is 4.79 Å². The molecular formula is C26H27ClN2O5. The highest BCUT2D eigenvalue weighted by atomic mass is 35.5. The number of methoxy groups -OCH3 is 1. The molecule has 0 spiro atoms. The first-order valence-electron chi connectivity index (χ1n) is 10.8. The largest absolute Gasteiger partial charge is 0.493 e. The summed E-state index contributed by atoms with van der Waals surface area (Å²) in [6.45, 7) is 5.00. The van der Waals surface area contributed by atoms with Crippen LogP contribution in [-0.2, 0) is 6.61 Å².